The van der Waals surface area contributed by atoms with Crippen LogP contribution < -0.4 is 0 Å². The van der Waals surface area contributed by atoms with E-state index in [0.29, 0.717) is 44.4 Å². The standard InChI is InChI=1S/C14H16ClN3O3S/c1-9-16-17-14(21-9)12-7-20-5-4-18(12)13(19)3-2-11-6-10(15)8-22-11/h6,8,12H,2-5,7H2,1H3/t12-/m0/s1. The zero-order valence-corrected chi connectivity index (χ0v) is 13.7. The Morgan fingerprint density at radius 2 is 2.41 bits per heavy atom. The summed E-state index contributed by atoms with van der Waals surface area (Å²) in [6.45, 7) is 3.18. The number of carbonyl (C=O) groups is 1. The van der Waals surface area contributed by atoms with Crippen molar-refractivity contribution < 1.29 is 13.9 Å². The molecule has 0 aromatic carbocycles. The van der Waals surface area contributed by atoms with Gasteiger partial charge in [-0.15, -0.1) is 21.5 Å². The molecule has 8 heteroatoms. The molecule has 1 aliphatic heterocycles. The monoisotopic (exact) mass is 341 g/mol. The Bertz CT molecular complexity index is 657. The number of ether oxygens (including phenoxy) is 1. The fraction of sp³-hybridized carbons (Fsp3) is 0.500. The molecule has 3 heterocycles. The van der Waals surface area contributed by atoms with Crippen molar-refractivity contribution in [1.82, 2.24) is 15.1 Å². The van der Waals surface area contributed by atoms with Crippen LogP contribution in [-0.2, 0) is 16.0 Å². The first-order valence-corrected chi connectivity index (χ1v) is 8.29. The van der Waals surface area contributed by atoms with Crippen LogP contribution in [0.2, 0.25) is 5.02 Å². The molecular formula is C14H16ClN3O3S. The Labute approximate surface area is 137 Å². The van der Waals surface area contributed by atoms with Crippen molar-refractivity contribution in [2.24, 2.45) is 0 Å². The lowest BCUT2D eigenvalue weighted by Crippen LogP contribution is -2.43. The van der Waals surface area contributed by atoms with Crippen LogP contribution in [0.1, 0.15) is 29.1 Å². The molecule has 0 spiro atoms. The highest BCUT2D eigenvalue weighted by molar-refractivity contribution is 7.10. The molecule has 1 amide bonds. The molecule has 3 rings (SSSR count). The quantitative estimate of drug-likeness (QED) is 0.855. The van der Waals surface area contributed by atoms with Gasteiger partial charge in [0, 0.05) is 30.1 Å². The summed E-state index contributed by atoms with van der Waals surface area (Å²) < 4.78 is 10.9. The van der Waals surface area contributed by atoms with E-state index in [4.69, 9.17) is 20.8 Å². The van der Waals surface area contributed by atoms with E-state index in [-0.39, 0.29) is 11.9 Å². The van der Waals surface area contributed by atoms with E-state index in [2.05, 4.69) is 10.2 Å². The number of hydrogen-bond acceptors (Lipinski definition) is 6. The van der Waals surface area contributed by atoms with Gasteiger partial charge in [-0.2, -0.15) is 0 Å². The summed E-state index contributed by atoms with van der Waals surface area (Å²) in [6, 6.07) is 1.60. The molecule has 0 aliphatic carbocycles. The maximum atomic E-state index is 12.5. The third kappa shape index (κ3) is 3.48. The van der Waals surface area contributed by atoms with Crippen LogP contribution in [0.4, 0.5) is 0 Å². The van der Waals surface area contributed by atoms with Gasteiger partial charge in [0.15, 0.2) is 0 Å². The number of hydrogen-bond donors (Lipinski definition) is 0. The first kappa shape index (κ1) is 15.5. The second-order valence-electron chi connectivity index (χ2n) is 5.07. The normalized spacial score (nSPS) is 18.6. The number of aryl methyl sites for hydroxylation is 2. The molecule has 1 atom stereocenters. The Balaban J connectivity index is 1.66. The molecule has 6 nitrogen and oxygen atoms in total. The highest BCUT2D eigenvalue weighted by Crippen LogP contribution is 2.25. The van der Waals surface area contributed by atoms with E-state index in [0.717, 1.165) is 9.90 Å². The zero-order chi connectivity index (χ0) is 15.5. The van der Waals surface area contributed by atoms with Gasteiger partial charge < -0.3 is 14.1 Å². The summed E-state index contributed by atoms with van der Waals surface area (Å²) >= 11 is 7.47. The van der Waals surface area contributed by atoms with Crippen molar-refractivity contribution in [2.45, 2.75) is 25.8 Å². The molecule has 1 saturated heterocycles. The van der Waals surface area contributed by atoms with Crippen molar-refractivity contribution in [3.8, 4) is 0 Å². The Hall–Kier alpha value is -1.44. The third-order valence-electron chi connectivity index (χ3n) is 3.48. The SMILES string of the molecule is Cc1nnc([C@@H]2COCCN2C(=O)CCc2cc(Cl)cs2)o1. The summed E-state index contributed by atoms with van der Waals surface area (Å²) in [4.78, 5) is 15.4. The van der Waals surface area contributed by atoms with Gasteiger partial charge in [-0.3, -0.25) is 4.79 Å². The molecular weight excluding hydrogens is 326 g/mol. The van der Waals surface area contributed by atoms with E-state index in [1.165, 1.54) is 0 Å². The average molecular weight is 342 g/mol. The lowest BCUT2D eigenvalue weighted by atomic mass is 10.1. The molecule has 0 radical (unpaired) electrons. The van der Waals surface area contributed by atoms with Crippen molar-refractivity contribution in [1.29, 1.82) is 0 Å². The Morgan fingerprint density at radius 1 is 1.55 bits per heavy atom. The number of morpholine rings is 1. The highest BCUT2D eigenvalue weighted by atomic mass is 35.5. The number of nitrogens with zero attached hydrogens (tertiary/aromatic N) is 3. The van der Waals surface area contributed by atoms with E-state index in [1.54, 1.807) is 23.2 Å². The highest BCUT2D eigenvalue weighted by Gasteiger charge is 2.32. The molecule has 22 heavy (non-hydrogen) atoms. The predicted octanol–water partition coefficient (Wildman–Crippen LogP) is 2.63. The second kappa shape index (κ2) is 6.76. The summed E-state index contributed by atoms with van der Waals surface area (Å²) in [5.41, 5.74) is 0. The van der Waals surface area contributed by atoms with Crippen molar-refractivity contribution in [3.63, 3.8) is 0 Å². The van der Waals surface area contributed by atoms with Crippen molar-refractivity contribution >= 4 is 28.8 Å². The van der Waals surface area contributed by atoms with Crippen LogP contribution in [0, 0.1) is 6.92 Å². The molecule has 0 N–H and O–H groups in total. The van der Waals surface area contributed by atoms with Crippen LogP contribution in [0.25, 0.3) is 0 Å². The average Bonchev–Trinajstić information content (AvgIpc) is 3.13. The fourth-order valence-electron chi connectivity index (χ4n) is 2.41. The number of aromatic nitrogens is 2. The lowest BCUT2D eigenvalue weighted by molar-refractivity contribution is -0.141. The van der Waals surface area contributed by atoms with Gasteiger partial charge >= 0.3 is 0 Å². The third-order valence-corrected chi connectivity index (χ3v) is 4.83. The van der Waals surface area contributed by atoms with Gasteiger partial charge in [-0.1, -0.05) is 11.6 Å². The molecule has 2 aromatic rings. The first-order chi connectivity index (χ1) is 10.6. The minimum atomic E-state index is -0.297. The van der Waals surface area contributed by atoms with E-state index in [1.807, 2.05) is 11.4 Å². The van der Waals surface area contributed by atoms with Gasteiger partial charge in [0.2, 0.25) is 17.7 Å². The maximum Gasteiger partial charge on any atom is 0.241 e. The molecule has 118 valence electrons. The number of halogens is 1. The van der Waals surface area contributed by atoms with Gasteiger partial charge in [-0.25, -0.2) is 0 Å². The van der Waals surface area contributed by atoms with Crippen LogP contribution in [0.15, 0.2) is 15.9 Å². The zero-order valence-electron chi connectivity index (χ0n) is 12.1. The maximum absolute atomic E-state index is 12.5. The van der Waals surface area contributed by atoms with E-state index >= 15 is 0 Å². The molecule has 0 saturated carbocycles. The summed E-state index contributed by atoms with van der Waals surface area (Å²) in [6.07, 6.45) is 1.11. The number of amides is 1. The second-order valence-corrected chi connectivity index (χ2v) is 6.50. The van der Waals surface area contributed by atoms with Crippen molar-refractivity contribution in [3.05, 3.63) is 33.1 Å². The number of thiophene rings is 1. The molecule has 1 aliphatic rings. The van der Waals surface area contributed by atoms with E-state index in [9.17, 15) is 4.79 Å². The van der Waals surface area contributed by atoms with Crippen LogP contribution in [0.5, 0.6) is 0 Å². The lowest BCUT2D eigenvalue weighted by Gasteiger charge is -2.33. The molecule has 1 fully saturated rings. The number of rotatable bonds is 4. The Kier molecular flexibility index (Phi) is 4.75. The summed E-state index contributed by atoms with van der Waals surface area (Å²) in [5.74, 6) is 0.986. The van der Waals surface area contributed by atoms with Crippen LogP contribution in [-0.4, -0.2) is 40.8 Å². The van der Waals surface area contributed by atoms with Gasteiger partial charge in [-0.05, 0) is 12.5 Å². The fourth-order valence-corrected chi connectivity index (χ4v) is 3.49. The van der Waals surface area contributed by atoms with Gasteiger partial charge in [0.25, 0.3) is 0 Å². The topological polar surface area (TPSA) is 68.5 Å². The minimum Gasteiger partial charge on any atom is -0.423 e. The largest absolute Gasteiger partial charge is 0.423 e. The van der Waals surface area contributed by atoms with Crippen molar-refractivity contribution in [2.75, 3.05) is 19.8 Å². The molecule has 0 unspecified atom stereocenters. The summed E-state index contributed by atoms with van der Waals surface area (Å²) in [7, 11) is 0. The Morgan fingerprint density at radius 3 is 3.09 bits per heavy atom. The first-order valence-electron chi connectivity index (χ1n) is 7.03. The number of carbonyl (C=O) groups excluding carboxylic acids is 1. The smallest absolute Gasteiger partial charge is 0.241 e. The molecule has 0 bridgehead atoms. The van der Waals surface area contributed by atoms with Crippen LogP contribution >= 0.6 is 22.9 Å². The predicted molar refractivity (Wildman–Crippen MR) is 82.0 cm³/mol. The van der Waals surface area contributed by atoms with Crippen LogP contribution in [0.3, 0.4) is 0 Å². The van der Waals surface area contributed by atoms with Gasteiger partial charge in [0.05, 0.1) is 18.2 Å². The van der Waals surface area contributed by atoms with Gasteiger partial charge in [0.1, 0.15) is 6.04 Å². The summed E-state index contributed by atoms with van der Waals surface area (Å²) in [5, 5.41) is 10.4. The minimum absolute atomic E-state index is 0.0636. The molecule has 2 aromatic heterocycles. The van der Waals surface area contributed by atoms with E-state index < -0.39 is 0 Å².